The van der Waals surface area contributed by atoms with Gasteiger partial charge in [0.2, 0.25) is 5.88 Å². The zero-order valence-corrected chi connectivity index (χ0v) is 21.9. The van der Waals surface area contributed by atoms with Crippen LogP contribution >= 0.6 is 23.6 Å². The Kier molecular flexibility index (Phi) is 6.73. The van der Waals surface area contributed by atoms with Crippen LogP contribution in [0.3, 0.4) is 0 Å². The van der Waals surface area contributed by atoms with Gasteiger partial charge in [-0.2, -0.15) is 0 Å². The van der Waals surface area contributed by atoms with Crippen LogP contribution in [0.15, 0.2) is 30.3 Å². The van der Waals surface area contributed by atoms with Gasteiger partial charge in [-0.05, 0) is 87.8 Å². The van der Waals surface area contributed by atoms with Gasteiger partial charge < -0.3 is 24.6 Å². The van der Waals surface area contributed by atoms with E-state index < -0.39 is 0 Å². The van der Waals surface area contributed by atoms with Crippen molar-refractivity contribution in [2.75, 3.05) is 30.0 Å². The van der Waals surface area contributed by atoms with Crippen LogP contribution in [0.2, 0.25) is 0 Å². The number of H-pyrrole nitrogens is 1. The van der Waals surface area contributed by atoms with Crippen LogP contribution in [0, 0.1) is 10.9 Å². The molecule has 0 unspecified atom stereocenters. The van der Waals surface area contributed by atoms with Crippen LogP contribution in [0.25, 0.3) is 11.1 Å². The molecule has 0 amide bonds. The molecule has 0 atom stereocenters. The summed E-state index contributed by atoms with van der Waals surface area (Å²) in [6.07, 6.45) is 0.615. The molecule has 5 nitrogen and oxygen atoms in total. The molecular weight excluding hydrogens is 450 g/mol. The number of hydrogen-bond donors (Lipinski definition) is 2. The van der Waals surface area contributed by atoms with E-state index in [0.29, 0.717) is 22.5 Å². The molecule has 0 aliphatic carbocycles. The maximum absolute atomic E-state index is 10.2. The molecule has 0 spiro atoms. The van der Waals surface area contributed by atoms with Crippen molar-refractivity contribution in [2.45, 2.75) is 53.1 Å². The van der Waals surface area contributed by atoms with Crippen LogP contribution < -0.4 is 14.5 Å². The van der Waals surface area contributed by atoms with Crippen LogP contribution in [0.5, 0.6) is 11.6 Å². The number of ether oxygens (including phenoxy) is 1. The second kappa shape index (κ2) is 9.39. The second-order valence-corrected chi connectivity index (χ2v) is 11.0. The Balaban J connectivity index is 1.83. The molecule has 7 heteroatoms. The number of hydrogen-bond acceptors (Lipinski definition) is 6. The second-order valence-electron chi connectivity index (χ2n) is 9.23. The van der Waals surface area contributed by atoms with Gasteiger partial charge in [-0.25, -0.2) is 0 Å². The summed E-state index contributed by atoms with van der Waals surface area (Å²) in [5.41, 5.74) is 7.15. The van der Waals surface area contributed by atoms with E-state index >= 15 is 0 Å². The molecule has 176 valence electrons. The first kappa shape index (κ1) is 23.6. The molecule has 4 rings (SSSR count). The number of thiazole rings is 1. The largest absolute Gasteiger partial charge is 0.496 e. The van der Waals surface area contributed by atoms with Crippen LogP contribution in [0.1, 0.15) is 43.7 Å². The zero-order valence-electron chi connectivity index (χ0n) is 20.2. The van der Waals surface area contributed by atoms with E-state index in [1.165, 1.54) is 33.8 Å². The smallest absolute Gasteiger partial charge is 0.203 e. The van der Waals surface area contributed by atoms with Gasteiger partial charge in [0, 0.05) is 37.2 Å². The van der Waals surface area contributed by atoms with Gasteiger partial charge in [-0.3, -0.25) is 0 Å². The summed E-state index contributed by atoms with van der Waals surface area (Å²) in [6.45, 7) is 13.3. The van der Waals surface area contributed by atoms with Crippen molar-refractivity contribution in [3.63, 3.8) is 0 Å². The summed E-state index contributed by atoms with van der Waals surface area (Å²) >= 11 is 6.60. The first-order chi connectivity index (χ1) is 15.7. The summed E-state index contributed by atoms with van der Waals surface area (Å²) in [4.78, 5) is 8.67. The van der Waals surface area contributed by atoms with Gasteiger partial charge in [0.15, 0.2) is 3.95 Å². The van der Waals surface area contributed by atoms with Crippen LogP contribution in [0.4, 0.5) is 11.4 Å². The molecule has 1 aromatic heterocycles. The van der Waals surface area contributed by atoms with E-state index in [9.17, 15) is 5.11 Å². The summed E-state index contributed by atoms with van der Waals surface area (Å²) < 4.78 is 6.36. The predicted octanol–water partition coefficient (Wildman–Crippen LogP) is 6.53. The quantitative estimate of drug-likeness (QED) is 0.391. The fourth-order valence-corrected chi connectivity index (χ4v) is 5.85. The van der Waals surface area contributed by atoms with Crippen molar-refractivity contribution in [1.82, 2.24) is 4.98 Å². The topological polar surface area (TPSA) is 51.7 Å². The normalized spacial score (nSPS) is 13.7. The Labute approximate surface area is 205 Å². The molecule has 1 aliphatic heterocycles. The number of nitrogens with zero attached hydrogens (tertiary/aromatic N) is 2. The standard InChI is InChI=1S/C26H33N3O2S2/c1-15(2)28-9-10-29(16(3)4)22-14-19(17(5)11-21(22)28)20-12-18(7-8-23(20)31-6)13-24-25(30)27-26(32)33-24/h7-8,11-12,14-16,30H,9-10,13H2,1-6H3,(H,27,32). The number of aryl methyl sites for hydroxylation is 1. The van der Waals surface area contributed by atoms with Gasteiger partial charge in [0.05, 0.1) is 23.4 Å². The van der Waals surface area contributed by atoms with E-state index in [0.717, 1.165) is 34.8 Å². The highest BCUT2D eigenvalue weighted by atomic mass is 32.1. The molecule has 0 radical (unpaired) electrons. The Hall–Kier alpha value is -2.51. The van der Waals surface area contributed by atoms with Gasteiger partial charge in [0.1, 0.15) is 5.75 Å². The number of aromatic hydroxyl groups is 1. The van der Waals surface area contributed by atoms with E-state index in [4.69, 9.17) is 17.0 Å². The average Bonchev–Trinajstić information content (AvgIpc) is 3.08. The fourth-order valence-electron chi connectivity index (χ4n) is 4.69. The lowest BCUT2D eigenvalue weighted by Crippen LogP contribution is -2.46. The van der Waals surface area contributed by atoms with Crippen molar-refractivity contribution < 1.29 is 9.84 Å². The maximum atomic E-state index is 10.2. The number of benzene rings is 2. The minimum Gasteiger partial charge on any atom is -0.496 e. The average molecular weight is 484 g/mol. The van der Waals surface area contributed by atoms with Crippen molar-refractivity contribution in [2.24, 2.45) is 0 Å². The first-order valence-corrected chi connectivity index (χ1v) is 12.7. The van der Waals surface area contributed by atoms with Crippen LogP contribution in [-0.2, 0) is 6.42 Å². The Morgan fingerprint density at radius 1 is 1.03 bits per heavy atom. The number of aromatic nitrogens is 1. The van der Waals surface area contributed by atoms with Crippen molar-refractivity contribution in [3.05, 3.63) is 50.3 Å². The van der Waals surface area contributed by atoms with Crippen LogP contribution in [-0.4, -0.2) is 42.4 Å². The summed E-state index contributed by atoms with van der Waals surface area (Å²) in [5.74, 6) is 1.01. The molecule has 0 bridgehead atoms. The Bertz CT molecular complexity index is 1210. The monoisotopic (exact) mass is 483 g/mol. The number of aromatic amines is 1. The fraction of sp³-hybridized carbons (Fsp3) is 0.423. The molecule has 0 saturated carbocycles. The molecule has 1 aliphatic rings. The lowest BCUT2D eigenvalue weighted by Gasteiger charge is -2.43. The SMILES string of the molecule is COc1ccc(Cc2sc(=S)[nH]c2O)cc1-c1cc2c(cc1C)N(C(C)C)CCN2C(C)C. The summed E-state index contributed by atoms with van der Waals surface area (Å²) in [7, 11) is 1.72. The maximum Gasteiger partial charge on any atom is 0.203 e. The first-order valence-electron chi connectivity index (χ1n) is 11.5. The number of anilines is 2. The molecule has 3 aromatic rings. The number of nitrogens with one attached hydrogen (secondary N) is 1. The molecule has 2 N–H and O–H groups in total. The van der Waals surface area contributed by atoms with E-state index in [2.05, 4.69) is 73.7 Å². The molecule has 2 aromatic carbocycles. The van der Waals surface area contributed by atoms with Crippen molar-refractivity contribution >= 4 is 34.9 Å². The molecule has 33 heavy (non-hydrogen) atoms. The van der Waals surface area contributed by atoms with E-state index in [1.807, 2.05) is 6.07 Å². The van der Waals surface area contributed by atoms with Gasteiger partial charge in [-0.1, -0.05) is 6.07 Å². The minimum atomic E-state index is 0.161. The highest BCUT2D eigenvalue weighted by molar-refractivity contribution is 7.73. The third kappa shape index (κ3) is 4.62. The van der Waals surface area contributed by atoms with E-state index in [-0.39, 0.29) is 5.88 Å². The zero-order chi connectivity index (χ0) is 23.9. The summed E-state index contributed by atoms with van der Waals surface area (Å²) in [6, 6.07) is 11.8. The van der Waals surface area contributed by atoms with Crippen molar-refractivity contribution in [3.8, 4) is 22.8 Å². The third-order valence-corrected chi connectivity index (χ3v) is 7.61. The predicted molar refractivity (Wildman–Crippen MR) is 142 cm³/mol. The number of methoxy groups -OCH3 is 1. The molecule has 0 saturated heterocycles. The number of rotatable bonds is 6. The van der Waals surface area contributed by atoms with E-state index in [1.54, 1.807) is 7.11 Å². The minimum absolute atomic E-state index is 0.161. The molecular formula is C26H33N3O2S2. The lowest BCUT2D eigenvalue weighted by atomic mass is 9.94. The molecule has 0 fully saturated rings. The van der Waals surface area contributed by atoms with Gasteiger partial charge in [-0.15, -0.1) is 11.3 Å². The number of fused-ring (bicyclic) bond motifs is 1. The molecule has 2 heterocycles. The highest BCUT2D eigenvalue weighted by Gasteiger charge is 2.27. The Morgan fingerprint density at radius 3 is 2.21 bits per heavy atom. The highest BCUT2D eigenvalue weighted by Crippen LogP contribution is 2.43. The van der Waals surface area contributed by atoms with Gasteiger partial charge in [0.25, 0.3) is 0 Å². The Morgan fingerprint density at radius 2 is 1.67 bits per heavy atom. The lowest BCUT2D eigenvalue weighted by molar-refractivity contribution is 0.416. The third-order valence-electron chi connectivity index (χ3n) is 6.39. The summed E-state index contributed by atoms with van der Waals surface area (Å²) in [5, 5.41) is 10.2. The van der Waals surface area contributed by atoms with Gasteiger partial charge >= 0.3 is 0 Å². The van der Waals surface area contributed by atoms with Crippen molar-refractivity contribution in [1.29, 1.82) is 0 Å².